The monoisotopic (exact) mass is 396 g/mol. The van der Waals surface area contributed by atoms with Crippen molar-refractivity contribution in [3.05, 3.63) is 48.0 Å². The molecule has 7 nitrogen and oxygen atoms in total. The first-order valence-corrected chi connectivity index (χ1v) is 9.95. The number of fused-ring (bicyclic) bond motifs is 1. The number of nitrogens with two attached hydrogens (primary N) is 1. The number of nitrogen functional groups attached to an aromatic ring is 1. The van der Waals surface area contributed by atoms with Crippen molar-refractivity contribution in [2.75, 3.05) is 16.8 Å². The highest BCUT2D eigenvalue weighted by Gasteiger charge is 2.09. The van der Waals surface area contributed by atoms with Gasteiger partial charge in [0.1, 0.15) is 5.01 Å². The molecule has 0 saturated heterocycles. The molecule has 0 aliphatic rings. The number of H-pyrrole nitrogens is 1. The Kier molecular flexibility index (Phi) is 4.78. The molecule has 2 aromatic carbocycles. The summed E-state index contributed by atoms with van der Waals surface area (Å²) in [5.74, 6) is 0.307. The minimum Gasteiger partial charge on any atom is -0.368 e. The van der Waals surface area contributed by atoms with Crippen molar-refractivity contribution >= 4 is 50.9 Å². The van der Waals surface area contributed by atoms with Crippen molar-refractivity contribution in [3.8, 4) is 10.6 Å². The Morgan fingerprint density at radius 1 is 1.22 bits per heavy atom. The van der Waals surface area contributed by atoms with E-state index in [1.807, 2.05) is 30.3 Å². The minimum absolute atomic E-state index is 0.133. The summed E-state index contributed by atoms with van der Waals surface area (Å²) in [6.45, 7) is 2.08. The van der Waals surface area contributed by atoms with Crippen LogP contribution in [0, 0.1) is 6.92 Å². The van der Waals surface area contributed by atoms with E-state index in [0.29, 0.717) is 5.16 Å². The van der Waals surface area contributed by atoms with Crippen molar-refractivity contribution < 1.29 is 4.79 Å². The van der Waals surface area contributed by atoms with E-state index in [2.05, 4.69) is 44.5 Å². The predicted octanol–water partition coefficient (Wildman–Crippen LogP) is 3.70. The number of carbonyl (C=O) groups excluding carboxylic acids is 1. The maximum Gasteiger partial charge on any atom is 0.234 e. The number of nitrogens with zero attached hydrogens (tertiary/aromatic N) is 3. The summed E-state index contributed by atoms with van der Waals surface area (Å²) < 4.78 is 1.17. The van der Waals surface area contributed by atoms with Crippen LogP contribution in [-0.2, 0) is 4.79 Å². The SMILES string of the molecule is Cc1ccc2nc(-c3ccc(NC(=O)CSc4n[nH]c(N)n4)cc3)sc2c1. The molecule has 27 heavy (non-hydrogen) atoms. The second-order valence-corrected chi connectivity index (χ2v) is 7.88. The van der Waals surface area contributed by atoms with Crippen LogP contribution >= 0.6 is 23.1 Å². The number of hydrogen-bond donors (Lipinski definition) is 3. The fraction of sp³-hybridized carbons (Fsp3) is 0.111. The summed E-state index contributed by atoms with van der Waals surface area (Å²) in [7, 11) is 0. The van der Waals surface area contributed by atoms with E-state index in [4.69, 9.17) is 5.73 Å². The zero-order valence-electron chi connectivity index (χ0n) is 14.4. The molecule has 4 aromatic rings. The lowest BCUT2D eigenvalue weighted by Gasteiger charge is -2.05. The van der Waals surface area contributed by atoms with Crippen LogP contribution in [0.5, 0.6) is 0 Å². The van der Waals surface area contributed by atoms with Gasteiger partial charge in [0.2, 0.25) is 17.0 Å². The lowest BCUT2D eigenvalue weighted by molar-refractivity contribution is -0.113. The molecule has 0 spiro atoms. The van der Waals surface area contributed by atoms with E-state index in [1.165, 1.54) is 22.0 Å². The number of aromatic nitrogens is 4. The number of amides is 1. The van der Waals surface area contributed by atoms with Gasteiger partial charge in [-0.15, -0.1) is 16.4 Å². The van der Waals surface area contributed by atoms with Crippen molar-refractivity contribution in [1.29, 1.82) is 0 Å². The third kappa shape index (κ3) is 4.09. The third-order valence-corrected chi connectivity index (χ3v) is 5.69. The van der Waals surface area contributed by atoms with Crippen LogP contribution < -0.4 is 11.1 Å². The molecule has 9 heteroatoms. The van der Waals surface area contributed by atoms with Crippen molar-refractivity contribution in [1.82, 2.24) is 20.2 Å². The highest BCUT2D eigenvalue weighted by molar-refractivity contribution is 7.99. The minimum atomic E-state index is -0.133. The number of nitrogens with one attached hydrogen (secondary N) is 2. The number of anilines is 2. The second kappa shape index (κ2) is 7.37. The number of thioether (sulfide) groups is 1. The van der Waals surface area contributed by atoms with Gasteiger partial charge >= 0.3 is 0 Å². The summed E-state index contributed by atoms with van der Waals surface area (Å²) in [4.78, 5) is 20.7. The maximum absolute atomic E-state index is 12.1. The molecular weight excluding hydrogens is 380 g/mol. The fourth-order valence-corrected chi connectivity index (χ4v) is 4.18. The molecule has 2 aromatic heterocycles. The molecule has 0 bridgehead atoms. The Hall–Kier alpha value is -2.91. The fourth-order valence-electron chi connectivity index (χ4n) is 2.50. The summed E-state index contributed by atoms with van der Waals surface area (Å²) in [6.07, 6.45) is 0. The Balaban J connectivity index is 1.41. The topological polar surface area (TPSA) is 110 Å². The summed E-state index contributed by atoms with van der Waals surface area (Å²) >= 11 is 2.88. The lowest BCUT2D eigenvalue weighted by atomic mass is 10.2. The molecule has 0 atom stereocenters. The van der Waals surface area contributed by atoms with Gasteiger partial charge < -0.3 is 11.1 Å². The second-order valence-electron chi connectivity index (χ2n) is 5.91. The van der Waals surface area contributed by atoms with Gasteiger partial charge in [-0.1, -0.05) is 17.8 Å². The molecule has 0 saturated carbocycles. The van der Waals surface area contributed by atoms with E-state index in [0.717, 1.165) is 21.8 Å². The number of benzene rings is 2. The smallest absolute Gasteiger partial charge is 0.234 e. The quantitative estimate of drug-likeness (QED) is 0.444. The molecule has 0 aliphatic heterocycles. The molecule has 136 valence electrons. The average molecular weight is 397 g/mol. The normalized spacial score (nSPS) is 11.0. The molecule has 4 N–H and O–H groups in total. The first kappa shape index (κ1) is 17.5. The van der Waals surface area contributed by atoms with E-state index in [1.54, 1.807) is 11.3 Å². The predicted molar refractivity (Wildman–Crippen MR) is 110 cm³/mol. The van der Waals surface area contributed by atoms with Gasteiger partial charge in [0, 0.05) is 11.3 Å². The van der Waals surface area contributed by atoms with E-state index < -0.39 is 0 Å². The van der Waals surface area contributed by atoms with Crippen LogP contribution in [0.2, 0.25) is 0 Å². The van der Waals surface area contributed by atoms with Gasteiger partial charge in [-0.3, -0.25) is 4.79 Å². The summed E-state index contributed by atoms with van der Waals surface area (Å²) in [5, 5.41) is 10.7. The van der Waals surface area contributed by atoms with Crippen molar-refractivity contribution in [2.24, 2.45) is 0 Å². The van der Waals surface area contributed by atoms with Crippen molar-refractivity contribution in [3.63, 3.8) is 0 Å². The molecule has 0 radical (unpaired) electrons. The van der Waals surface area contributed by atoms with Crippen LogP contribution in [0.3, 0.4) is 0 Å². The van der Waals surface area contributed by atoms with Crippen LogP contribution in [-0.4, -0.2) is 31.8 Å². The van der Waals surface area contributed by atoms with Gasteiger partial charge in [0.15, 0.2) is 0 Å². The summed E-state index contributed by atoms with van der Waals surface area (Å²) in [5.41, 5.74) is 9.44. The van der Waals surface area contributed by atoms with Gasteiger partial charge in [0.05, 0.1) is 16.0 Å². The summed E-state index contributed by atoms with van der Waals surface area (Å²) in [6, 6.07) is 13.9. The molecule has 2 heterocycles. The third-order valence-electron chi connectivity index (χ3n) is 3.77. The zero-order valence-corrected chi connectivity index (χ0v) is 16.0. The standard InChI is InChI=1S/C18H16N6OS2/c1-10-2-7-13-14(8-10)27-16(21-13)11-3-5-12(6-4-11)20-15(25)9-26-18-22-17(19)23-24-18/h2-8H,9H2,1H3,(H,20,25)(H3,19,22,23,24). The number of aryl methyl sites for hydroxylation is 1. The highest BCUT2D eigenvalue weighted by Crippen LogP contribution is 2.31. The van der Waals surface area contributed by atoms with Crippen molar-refractivity contribution in [2.45, 2.75) is 12.1 Å². The first-order chi connectivity index (χ1) is 13.1. The van der Waals surface area contributed by atoms with Crippen LogP contribution in [0.4, 0.5) is 11.6 Å². The molecule has 0 aliphatic carbocycles. The van der Waals surface area contributed by atoms with Crippen LogP contribution in [0.1, 0.15) is 5.56 Å². The Morgan fingerprint density at radius 3 is 2.78 bits per heavy atom. The number of hydrogen-bond acceptors (Lipinski definition) is 7. The van der Waals surface area contributed by atoms with Crippen LogP contribution in [0.15, 0.2) is 47.6 Å². The van der Waals surface area contributed by atoms with Gasteiger partial charge in [0.25, 0.3) is 0 Å². The zero-order chi connectivity index (χ0) is 18.8. The maximum atomic E-state index is 12.1. The number of carbonyl (C=O) groups is 1. The van der Waals surface area contributed by atoms with E-state index in [-0.39, 0.29) is 17.6 Å². The Bertz CT molecular complexity index is 1100. The highest BCUT2D eigenvalue weighted by atomic mass is 32.2. The number of rotatable bonds is 5. The molecular formula is C18H16N6OS2. The van der Waals surface area contributed by atoms with Gasteiger partial charge in [-0.2, -0.15) is 4.98 Å². The Labute approximate surface area is 163 Å². The lowest BCUT2D eigenvalue weighted by Crippen LogP contribution is -2.14. The number of aromatic amines is 1. The molecule has 0 fully saturated rings. The average Bonchev–Trinajstić information content (AvgIpc) is 3.26. The Morgan fingerprint density at radius 2 is 2.04 bits per heavy atom. The first-order valence-electron chi connectivity index (χ1n) is 8.15. The molecule has 1 amide bonds. The van der Waals surface area contributed by atoms with E-state index in [9.17, 15) is 4.79 Å². The van der Waals surface area contributed by atoms with Crippen LogP contribution in [0.25, 0.3) is 20.8 Å². The number of thiazole rings is 1. The van der Waals surface area contributed by atoms with E-state index >= 15 is 0 Å². The van der Waals surface area contributed by atoms with Gasteiger partial charge in [-0.05, 0) is 48.9 Å². The van der Waals surface area contributed by atoms with Gasteiger partial charge in [-0.25, -0.2) is 10.1 Å². The largest absolute Gasteiger partial charge is 0.368 e. The molecule has 0 unspecified atom stereocenters. The molecule has 4 rings (SSSR count).